The number of allylic oxidation sites excluding steroid dienone is 6. The summed E-state index contributed by atoms with van der Waals surface area (Å²) < 4.78 is 5.83. The molecule has 0 amide bonds. The molecule has 1 unspecified atom stereocenters. The summed E-state index contributed by atoms with van der Waals surface area (Å²) in [5.41, 5.74) is 15.2. The molecule has 0 radical (unpaired) electrons. The lowest BCUT2D eigenvalue weighted by molar-refractivity contribution is -0.114. The van der Waals surface area contributed by atoms with Gasteiger partial charge >= 0.3 is 0 Å². The lowest BCUT2D eigenvalue weighted by atomic mass is 9.81. The number of fused-ring (bicyclic) bond motifs is 1. The Morgan fingerprint density at radius 3 is 2.32 bits per heavy atom. The van der Waals surface area contributed by atoms with Crippen LogP contribution < -0.4 is 0 Å². The molecule has 220 valence electrons. The molecule has 2 nitrogen and oxygen atoms in total. The summed E-state index contributed by atoms with van der Waals surface area (Å²) in [6.45, 7) is 11.9. The van der Waals surface area contributed by atoms with Crippen LogP contribution in [0.4, 0.5) is 0 Å². The third-order valence-corrected chi connectivity index (χ3v) is 8.83. The van der Waals surface area contributed by atoms with Gasteiger partial charge in [-0.25, -0.2) is 0 Å². The van der Waals surface area contributed by atoms with E-state index in [2.05, 4.69) is 69.3 Å². The second kappa shape index (κ2) is 15.5. The highest BCUT2D eigenvalue weighted by Gasteiger charge is 2.24. The van der Waals surface area contributed by atoms with Gasteiger partial charge in [0, 0.05) is 13.2 Å². The molecule has 0 aromatic heterocycles. The molecule has 5 rings (SSSR count). The van der Waals surface area contributed by atoms with E-state index in [1.54, 1.807) is 22.3 Å². The Morgan fingerprint density at radius 2 is 1.61 bits per heavy atom. The van der Waals surface area contributed by atoms with Crippen LogP contribution in [0.1, 0.15) is 127 Å². The van der Waals surface area contributed by atoms with E-state index in [4.69, 9.17) is 4.74 Å². The predicted molar refractivity (Wildman–Crippen MR) is 176 cm³/mol. The van der Waals surface area contributed by atoms with E-state index in [0.717, 1.165) is 38.4 Å². The highest BCUT2D eigenvalue weighted by atomic mass is 16.5. The quantitative estimate of drug-likeness (QED) is 0.341. The van der Waals surface area contributed by atoms with Gasteiger partial charge in [-0.1, -0.05) is 92.8 Å². The first-order valence-electron chi connectivity index (χ1n) is 16.3. The molecular weight excluding hydrogens is 500 g/mol. The molecule has 0 N–H and O–H groups in total. The first kappa shape index (κ1) is 31.2. The zero-order valence-corrected chi connectivity index (χ0v) is 26.4. The van der Waals surface area contributed by atoms with Gasteiger partial charge in [-0.2, -0.15) is 0 Å². The highest BCUT2D eigenvalue weighted by molar-refractivity contribution is 5.88. The first-order valence-corrected chi connectivity index (χ1v) is 16.3. The van der Waals surface area contributed by atoms with Crippen LogP contribution in [0, 0.1) is 5.92 Å². The molecule has 0 bridgehead atoms. The summed E-state index contributed by atoms with van der Waals surface area (Å²) >= 11 is 0. The van der Waals surface area contributed by atoms with Crippen molar-refractivity contribution >= 4 is 22.5 Å². The van der Waals surface area contributed by atoms with Gasteiger partial charge in [-0.15, -0.1) is 0 Å². The standard InChI is InChI=1S/C36H46O.C3H6O/c1-4-9-27-13-16-30(17-14-27)35-25-33(22-28-10-6-7-20-37-21-8-11-28)34-19-18-32(36-24-29(36)5-2)23-31(34)15-12-26(35)3;1-3(2)4/h13-14,16-19,23,25,28H,4-12,15,20-22,24H2,1-3H3;1-2H3/b33-25-,35-26-;. The van der Waals surface area contributed by atoms with Crippen LogP contribution >= 0.6 is 0 Å². The van der Waals surface area contributed by atoms with E-state index in [-0.39, 0.29) is 5.78 Å². The van der Waals surface area contributed by atoms with Crippen molar-refractivity contribution in [3.05, 3.63) is 87.5 Å². The fourth-order valence-corrected chi connectivity index (χ4v) is 6.46. The fourth-order valence-electron chi connectivity index (χ4n) is 6.46. The van der Waals surface area contributed by atoms with E-state index in [1.807, 2.05) is 0 Å². The number of benzene rings is 2. The lowest BCUT2D eigenvalue weighted by Crippen LogP contribution is -2.07. The molecule has 1 saturated heterocycles. The zero-order chi connectivity index (χ0) is 29.2. The van der Waals surface area contributed by atoms with Gasteiger partial charge in [0.25, 0.3) is 0 Å². The molecule has 0 spiro atoms. The third-order valence-electron chi connectivity index (χ3n) is 8.83. The van der Waals surface area contributed by atoms with Gasteiger partial charge < -0.3 is 9.53 Å². The van der Waals surface area contributed by atoms with Gasteiger partial charge in [0.1, 0.15) is 5.78 Å². The Bertz CT molecular complexity index is 1260. The summed E-state index contributed by atoms with van der Waals surface area (Å²) in [6.07, 6.45) is 17.1. The van der Waals surface area contributed by atoms with Crippen LogP contribution in [0.3, 0.4) is 0 Å². The van der Waals surface area contributed by atoms with Gasteiger partial charge in [-0.05, 0) is 129 Å². The number of Topliss-reactive ketones (excluding diaryl/α,β-unsaturated/α-hetero) is 1. The van der Waals surface area contributed by atoms with Crippen molar-refractivity contribution in [2.75, 3.05) is 13.2 Å². The average molecular weight is 553 g/mol. The number of rotatable bonds is 7. The molecule has 2 aliphatic carbocycles. The molecule has 1 aliphatic heterocycles. The van der Waals surface area contributed by atoms with Gasteiger partial charge in [-0.3, -0.25) is 0 Å². The minimum atomic E-state index is 0.167. The van der Waals surface area contributed by atoms with Crippen molar-refractivity contribution in [2.24, 2.45) is 5.92 Å². The Kier molecular flexibility index (Phi) is 11.8. The number of ketones is 1. The summed E-state index contributed by atoms with van der Waals surface area (Å²) in [6, 6.07) is 16.8. The van der Waals surface area contributed by atoms with Gasteiger partial charge in [0.05, 0.1) is 0 Å². The smallest absolute Gasteiger partial charge is 0.126 e. The van der Waals surface area contributed by atoms with Crippen molar-refractivity contribution in [2.45, 2.75) is 112 Å². The minimum Gasteiger partial charge on any atom is -0.381 e. The van der Waals surface area contributed by atoms with Crippen molar-refractivity contribution in [1.29, 1.82) is 0 Å². The molecule has 0 saturated carbocycles. The molecule has 41 heavy (non-hydrogen) atoms. The summed E-state index contributed by atoms with van der Waals surface area (Å²) in [4.78, 5) is 9.44. The van der Waals surface area contributed by atoms with E-state index in [0.29, 0.717) is 0 Å². The molecule has 1 atom stereocenters. The van der Waals surface area contributed by atoms with Crippen molar-refractivity contribution in [1.82, 2.24) is 0 Å². The van der Waals surface area contributed by atoms with E-state index < -0.39 is 0 Å². The Hall–Kier alpha value is -2.71. The minimum absolute atomic E-state index is 0.167. The van der Waals surface area contributed by atoms with Gasteiger partial charge in [0.15, 0.2) is 0 Å². The van der Waals surface area contributed by atoms with E-state index in [9.17, 15) is 4.79 Å². The average Bonchev–Trinajstić information content (AvgIpc) is 3.72. The van der Waals surface area contributed by atoms with E-state index in [1.165, 1.54) is 105 Å². The maximum absolute atomic E-state index is 9.44. The van der Waals surface area contributed by atoms with Crippen LogP contribution in [-0.2, 0) is 22.4 Å². The molecule has 1 fully saturated rings. The molecule has 2 aromatic rings. The number of carbonyl (C=O) groups is 1. The third kappa shape index (κ3) is 9.14. The van der Waals surface area contributed by atoms with Crippen LogP contribution in [0.2, 0.25) is 0 Å². The van der Waals surface area contributed by atoms with Crippen molar-refractivity contribution < 1.29 is 9.53 Å². The Morgan fingerprint density at radius 1 is 0.902 bits per heavy atom. The Labute approximate surface area is 250 Å². The second-order valence-corrected chi connectivity index (χ2v) is 12.5. The van der Waals surface area contributed by atoms with Crippen LogP contribution in [0.5, 0.6) is 0 Å². The Balaban J connectivity index is 0.000000909. The van der Waals surface area contributed by atoms with Crippen molar-refractivity contribution in [3.63, 3.8) is 0 Å². The molecule has 1 heterocycles. The maximum Gasteiger partial charge on any atom is 0.126 e. The number of hydrogen-bond donors (Lipinski definition) is 0. The monoisotopic (exact) mass is 552 g/mol. The molecule has 2 heteroatoms. The summed E-state index contributed by atoms with van der Waals surface area (Å²) in [5, 5.41) is 0. The maximum atomic E-state index is 9.44. The largest absolute Gasteiger partial charge is 0.381 e. The number of carbonyl (C=O) groups excluding carboxylic acids is 1. The van der Waals surface area contributed by atoms with Crippen LogP contribution in [-0.4, -0.2) is 19.0 Å². The zero-order valence-electron chi connectivity index (χ0n) is 26.4. The number of ether oxygens (including phenoxy) is 1. The van der Waals surface area contributed by atoms with Gasteiger partial charge in [0.2, 0.25) is 0 Å². The summed E-state index contributed by atoms with van der Waals surface area (Å²) in [5.74, 6) is 0.909. The van der Waals surface area contributed by atoms with Crippen LogP contribution in [0.25, 0.3) is 16.7 Å². The first-order chi connectivity index (χ1) is 19.9. The molecule has 3 aliphatic rings. The van der Waals surface area contributed by atoms with Crippen molar-refractivity contribution in [3.8, 4) is 0 Å². The molecular formula is C39H52O2. The van der Waals surface area contributed by atoms with E-state index >= 15 is 0 Å². The summed E-state index contributed by atoms with van der Waals surface area (Å²) in [7, 11) is 0. The topological polar surface area (TPSA) is 26.3 Å². The SMILES string of the molecule is CC(C)=O.CCCc1ccc(C2=C(/C)CCc3cc(C4=C(CC)C4)ccc3/C(CC3CCCCOCCC3)=C\2)cc1. The molecule has 2 aromatic carbocycles. The van der Waals surface area contributed by atoms with Crippen LogP contribution in [0.15, 0.2) is 59.7 Å². The predicted octanol–water partition coefficient (Wildman–Crippen LogP) is 10.6. The fraction of sp³-hybridized carbons (Fsp3) is 0.513. The normalized spacial score (nSPS) is 22.5. The number of aryl methyl sites for hydroxylation is 2. The highest BCUT2D eigenvalue weighted by Crippen LogP contribution is 2.44. The second-order valence-electron chi connectivity index (χ2n) is 12.5. The number of hydrogen-bond acceptors (Lipinski definition) is 2. The lowest BCUT2D eigenvalue weighted by Gasteiger charge is -2.24.